The molecule has 10 nitrogen and oxygen atoms in total. The second kappa shape index (κ2) is 10.3. The maximum atomic E-state index is 12.1. The SMILES string of the molecule is CCC1CNCCN1c1ccc(Nc2ncc3ccn(Cc4cccnc4N(C)S(C)(=O)=O)c3n2)cc1. The highest BCUT2D eigenvalue weighted by molar-refractivity contribution is 7.92. The van der Waals surface area contributed by atoms with Crippen molar-refractivity contribution in [1.29, 1.82) is 0 Å². The average molecular weight is 521 g/mol. The molecule has 1 atom stereocenters. The Morgan fingerprint density at radius 1 is 1.16 bits per heavy atom. The van der Waals surface area contributed by atoms with Crippen molar-refractivity contribution in [2.24, 2.45) is 0 Å². The van der Waals surface area contributed by atoms with Gasteiger partial charge in [0.15, 0.2) is 0 Å². The standard InChI is InChI=1S/C26H32N8O2S/c1-4-22-17-27-13-15-34(22)23-9-7-21(8-10-23)30-26-29-16-19-11-14-33(25(19)31-26)18-20-6-5-12-28-24(20)32(2)37(3,35)36/h5-12,14,16,22,27H,4,13,15,17-18H2,1-3H3,(H,29,30,31). The van der Waals surface area contributed by atoms with Crippen LogP contribution in [0.3, 0.4) is 0 Å². The smallest absolute Gasteiger partial charge is 0.233 e. The quantitative estimate of drug-likeness (QED) is 0.365. The maximum absolute atomic E-state index is 12.1. The largest absolute Gasteiger partial charge is 0.366 e. The molecule has 0 radical (unpaired) electrons. The van der Waals surface area contributed by atoms with E-state index in [4.69, 9.17) is 4.98 Å². The number of hydrogen-bond acceptors (Lipinski definition) is 8. The van der Waals surface area contributed by atoms with Gasteiger partial charge in [-0.25, -0.2) is 18.4 Å². The molecule has 1 aromatic carbocycles. The number of nitrogens with one attached hydrogen (secondary N) is 2. The van der Waals surface area contributed by atoms with Crippen molar-refractivity contribution in [1.82, 2.24) is 24.8 Å². The van der Waals surface area contributed by atoms with Crippen LogP contribution in [0.1, 0.15) is 18.9 Å². The average Bonchev–Trinajstić information content (AvgIpc) is 3.30. The third kappa shape index (κ3) is 5.37. The number of rotatable bonds is 8. The van der Waals surface area contributed by atoms with Gasteiger partial charge in [0, 0.05) is 73.6 Å². The lowest BCUT2D eigenvalue weighted by molar-refractivity contribution is 0.466. The fourth-order valence-corrected chi connectivity index (χ4v) is 5.15. The number of piperazine rings is 1. The summed E-state index contributed by atoms with van der Waals surface area (Å²) in [6.45, 7) is 5.65. The number of benzene rings is 1. The topological polar surface area (TPSA) is 108 Å². The van der Waals surface area contributed by atoms with Gasteiger partial charge in [-0.3, -0.25) is 4.31 Å². The van der Waals surface area contributed by atoms with Crippen molar-refractivity contribution >= 4 is 44.2 Å². The van der Waals surface area contributed by atoms with E-state index in [1.54, 1.807) is 18.5 Å². The van der Waals surface area contributed by atoms with E-state index in [1.165, 1.54) is 23.3 Å². The number of aromatic nitrogens is 4. The summed E-state index contributed by atoms with van der Waals surface area (Å²) < 4.78 is 27.4. The molecule has 5 rings (SSSR count). The van der Waals surface area contributed by atoms with Gasteiger partial charge in [-0.05, 0) is 42.8 Å². The molecule has 1 saturated heterocycles. The lowest BCUT2D eigenvalue weighted by Crippen LogP contribution is -2.51. The van der Waals surface area contributed by atoms with E-state index in [0.29, 0.717) is 24.4 Å². The molecule has 1 unspecified atom stereocenters. The number of hydrogen-bond donors (Lipinski definition) is 2. The highest BCUT2D eigenvalue weighted by atomic mass is 32.2. The summed E-state index contributed by atoms with van der Waals surface area (Å²) in [6, 6.07) is 14.5. The van der Waals surface area contributed by atoms with Gasteiger partial charge in [-0.15, -0.1) is 0 Å². The number of sulfonamides is 1. The Kier molecular flexibility index (Phi) is 6.98. The van der Waals surface area contributed by atoms with Gasteiger partial charge in [-0.1, -0.05) is 13.0 Å². The molecule has 4 aromatic rings. The third-order valence-electron chi connectivity index (χ3n) is 6.78. The Morgan fingerprint density at radius 2 is 1.97 bits per heavy atom. The molecule has 0 aliphatic carbocycles. The van der Waals surface area contributed by atoms with Crippen LogP contribution in [-0.4, -0.2) is 66.9 Å². The van der Waals surface area contributed by atoms with Crippen molar-refractivity contribution in [2.45, 2.75) is 25.9 Å². The van der Waals surface area contributed by atoms with Crippen LogP contribution in [0.2, 0.25) is 0 Å². The van der Waals surface area contributed by atoms with E-state index in [-0.39, 0.29) is 0 Å². The zero-order chi connectivity index (χ0) is 26.0. The molecule has 2 N–H and O–H groups in total. The van der Waals surface area contributed by atoms with Gasteiger partial charge in [0.1, 0.15) is 11.5 Å². The Bertz CT molecular complexity index is 1490. The number of nitrogens with zero attached hydrogens (tertiary/aromatic N) is 6. The first-order valence-corrected chi connectivity index (χ1v) is 14.2. The van der Waals surface area contributed by atoms with Gasteiger partial charge in [0.2, 0.25) is 16.0 Å². The summed E-state index contributed by atoms with van der Waals surface area (Å²) >= 11 is 0. The molecule has 0 amide bonds. The van der Waals surface area contributed by atoms with Crippen molar-refractivity contribution in [3.8, 4) is 0 Å². The van der Waals surface area contributed by atoms with E-state index >= 15 is 0 Å². The minimum absolute atomic E-state index is 0.397. The molecule has 1 aliphatic rings. The summed E-state index contributed by atoms with van der Waals surface area (Å²) in [4.78, 5) is 16.0. The summed E-state index contributed by atoms with van der Waals surface area (Å²) in [5.74, 6) is 0.891. The van der Waals surface area contributed by atoms with Crippen LogP contribution in [0.5, 0.6) is 0 Å². The molecular formula is C26H32N8O2S. The minimum atomic E-state index is -3.44. The highest BCUT2D eigenvalue weighted by Crippen LogP contribution is 2.25. The lowest BCUT2D eigenvalue weighted by Gasteiger charge is -2.37. The first-order valence-electron chi connectivity index (χ1n) is 12.4. The molecule has 37 heavy (non-hydrogen) atoms. The predicted molar refractivity (Wildman–Crippen MR) is 148 cm³/mol. The van der Waals surface area contributed by atoms with Crippen LogP contribution in [0.25, 0.3) is 11.0 Å². The molecule has 3 aromatic heterocycles. The molecule has 0 bridgehead atoms. The molecule has 0 saturated carbocycles. The molecule has 1 fully saturated rings. The molecule has 4 heterocycles. The van der Waals surface area contributed by atoms with Gasteiger partial charge in [-0.2, -0.15) is 4.98 Å². The van der Waals surface area contributed by atoms with Crippen molar-refractivity contribution < 1.29 is 8.42 Å². The monoisotopic (exact) mass is 520 g/mol. The van der Waals surface area contributed by atoms with Crippen LogP contribution in [0.15, 0.2) is 61.1 Å². The van der Waals surface area contributed by atoms with Gasteiger partial charge in [0.05, 0.1) is 12.8 Å². The second-order valence-corrected chi connectivity index (χ2v) is 11.3. The van der Waals surface area contributed by atoms with Crippen LogP contribution >= 0.6 is 0 Å². The predicted octanol–water partition coefficient (Wildman–Crippen LogP) is 3.20. The summed E-state index contributed by atoms with van der Waals surface area (Å²) in [5.41, 5.74) is 3.65. The first kappa shape index (κ1) is 25.0. The highest BCUT2D eigenvalue weighted by Gasteiger charge is 2.21. The molecule has 11 heteroatoms. The van der Waals surface area contributed by atoms with E-state index in [1.807, 2.05) is 22.9 Å². The fraction of sp³-hybridized carbons (Fsp3) is 0.346. The normalized spacial score (nSPS) is 16.2. The Morgan fingerprint density at radius 3 is 2.73 bits per heavy atom. The molecule has 194 valence electrons. The lowest BCUT2D eigenvalue weighted by atomic mass is 10.1. The maximum Gasteiger partial charge on any atom is 0.233 e. The number of anilines is 4. The third-order valence-corrected chi connectivity index (χ3v) is 7.95. The van der Waals surface area contributed by atoms with E-state index in [9.17, 15) is 8.42 Å². The van der Waals surface area contributed by atoms with Crippen LogP contribution < -0.4 is 19.8 Å². The zero-order valence-electron chi connectivity index (χ0n) is 21.3. The summed E-state index contributed by atoms with van der Waals surface area (Å²) in [6.07, 6.45) is 7.57. The van der Waals surface area contributed by atoms with Crippen LogP contribution in [0, 0.1) is 0 Å². The molecule has 1 aliphatic heterocycles. The van der Waals surface area contributed by atoms with E-state index < -0.39 is 10.0 Å². The molecule has 0 spiro atoms. The van der Waals surface area contributed by atoms with Gasteiger partial charge < -0.3 is 20.1 Å². The Balaban J connectivity index is 1.36. The summed E-state index contributed by atoms with van der Waals surface area (Å²) in [5, 5.41) is 7.68. The van der Waals surface area contributed by atoms with E-state index in [0.717, 1.165) is 48.3 Å². The van der Waals surface area contributed by atoms with E-state index in [2.05, 4.69) is 56.7 Å². The Labute approximate surface area is 217 Å². The minimum Gasteiger partial charge on any atom is -0.366 e. The van der Waals surface area contributed by atoms with Gasteiger partial charge >= 0.3 is 0 Å². The summed E-state index contributed by atoms with van der Waals surface area (Å²) in [7, 11) is -1.93. The second-order valence-electron chi connectivity index (χ2n) is 9.26. The Hall–Kier alpha value is -3.70. The molecular weight excluding hydrogens is 488 g/mol. The first-order chi connectivity index (χ1) is 17.8. The van der Waals surface area contributed by atoms with Crippen molar-refractivity contribution in [3.63, 3.8) is 0 Å². The van der Waals surface area contributed by atoms with Crippen molar-refractivity contribution in [2.75, 3.05) is 47.5 Å². The van der Waals surface area contributed by atoms with Crippen LogP contribution in [0.4, 0.5) is 23.1 Å². The number of pyridine rings is 1. The fourth-order valence-electron chi connectivity index (χ4n) is 4.67. The zero-order valence-corrected chi connectivity index (χ0v) is 22.1. The van der Waals surface area contributed by atoms with Crippen molar-refractivity contribution in [3.05, 3.63) is 66.6 Å². The van der Waals surface area contributed by atoms with Gasteiger partial charge in [0.25, 0.3) is 0 Å². The van der Waals surface area contributed by atoms with Crippen LogP contribution in [-0.2, 0) is 16.6 Å². The number of fused-ring (bicyclic) bond motifs is 1.